The normalized spacial score (nSPS) is 12.4. The second kappa shape index (κ2) is 13.2. The molecule has 2 aromatic rings. The number of primary amides is 1. The summed E-state index contributed by atoms with van der Waals surface area (Å²) in [5, 5.41) is 22.6. The van der Waals surface area contributed by atoms with Gasteiger partial charge in [0, 0.05) is 29.0 Å². The minimum atomic E-state index is -1.26. The number of amides is 3. The highest BCUT2D eigenvalue weighted by Crippen LogP contribution is 2.27. The molecule has 11 heteroatoms. The van der Waals surface area contributed by atoms with Crippen molar-refractivity contribution in [1.82, 2.24) is 10.6 Å². The molecule has 3 amide bonds. The summed E-state index contributed by atoms with van der Waals surface area (Å²) in [6.07, 6.45) is -0.745. The highest BCUT2D eigenvalue weighted by atomic mass is 32.1. The number of carbonyl (C=O) groups excluding carboxylic acids is 3. The zero-order valence-electron chi connectivity index (χ0n) is 19.3. The molecular formula is C24H29N3O7S. The Morgan fingerprint density at radius 2 is 1.46 bits per heavy atom. The van der Waals surface area contributed by atoms with Crippen molar-refractivity contribution in [2.24, 2.45) is 5.73 Å². The molecule has 0 saturated heterocycles. The maximum absolute atomic E-state index is 12.6. The van der Waals surface area contributed by atoms with Gasteiger partial charge in [0.2, 0.25) is 17.7 Å². The first-order valence-electron chi connectivity index (χ1n) is 11.0. The molecule has 1 heterocycles. The molecule has 0 unspecified atom stereocenters. The molecule has 2 rings (SSSR count). The van der Waals surface area contributed by atoms with Gasteiger partial charge in [-0.25, -0.2) is 0 Å². The highest BCUT2D eigenvalue weighted by Gasteiger charge is 2.26. The van der Waals surface area contributed by atoms with Crippen molar-refractivity contribution in [2.45, 2.75) is 57.5 Å². The second-order valence-electron chi connectivity index (χ2n) is 8.06. The lowest BCUT2D eigenvalue weighted by Crippen LogP contribution is -2.53. The number of benzene rings is 1. The van der Waals surface area contributed by atoms with E-state index in [1.165, 1.54) is 4.88 Å². The van der Waals surface area contributed by atoms with Gasteiger partial charge in [0.15, 0.2) is 0 Å². The molecule has 35 heavy (non-hydrogen) atoms. The standard InChI is InChI=1S/C24H29N3O7S/c1-14-2-10-19(35-14)16-6-3-15(4-7-16)5-11-20(28)26-18(9-13-22(31)32)24(34)27-17(23(25)33)8-12-21(29)30/h2-4,6-7,10,17-18H,5,8-9,11-13H2,1H3,(H2,25,33)(H,26,28)(H,27,34)(H,29,30)(H,31,32)/t17-,18+/m1/s1. The molecule has 10 nitrogen and oxygen atoms in total. The van der Waals surface area contributed by atoms with Crippen molar-refractivity contribution in [2.75, 3.05) is 0 Å². The molecule has 0 fully saturated rings. The fraction of sp³-hybridized carbons (Fsp3) is 0.375. The summed E-state index contributed by atoms with van der Waals surface area (Å²) in [5.41, 5.74) is 7.23. The number of carboxylic acid groups (broad SMARTS) is 2. The largest absolute Gasteiger partial charge is 0.481 e. The summed E-state index contributed by atoms with van der Waals surface area (Å²) in [6.45, 7) is 2.04. The average molecular weight is 504 g/mol. The predicted molar refractivity (Wildman–Crippen MR) is 130 cm³/mol. The van der Waals surface area contributed by atoms with Crippen molar-refractivity contribution < 1.29 is 34.2 Å². The minimum Gasteiger partial charge on any atom is -0.481 e. The Labute approximate surface area is 206 Å². The smallest absolute Gasteiger partial charge is 0.303 e. The molecule has 0 radical (unpaired) electrons. The first-order chi connectivity index (χ1) is 16.5. The fourth-order valence-corrected chi connectivity index (χ4v) is 4.19. The zero-order chi connectivity index (χ0) is 26.0. The summed E-state index contributed by atoms with van der Waals surface area (Å²) < 4.78 is 0. The topological polar surface area (TPSA) is 176 Å². The van der Waals surface area contributed by atoms with Crippen LogP contribution in [0.5, 0.6) is 0 Å². The van der Waals surface area contributed by atoms with E-state index in [4.69, 9.17) is 15.9 Å². The van der Waals surface area contributed by atoms with Crippen molar-refractivity contribution in [3.63, 3.8) is 0 Å². The van der Waals surface area contributed by atoms with Crippen LogP contribution in [0.2, 0.25) is 0 Å². The second-order valence-corrected chi connectivity index (χ2v) is 9.34. The van der Waals surface area contributed by atoms with Crippen LogP contribution in [0.25, 0.3) is 10.4 Å². The first kappa shape index (κ1) is 27.5. The van der Waals surface area contributed by atoms with Crippen LogP contribution in [0.1, 0.15) is 42.5 Å². The summed E-state index contributed by atoms with van der Waals surface area (Å²) in [7, 11) is 0. The number of thiophene rings is 1. The van der Waals surface area contributed by atoms with Crippen molar-refractivity contribution in [1.29, 1.82) is 0 Å². The minimum absolute atomic E-state index is 0.0621. The van der Waals surface area contributed by atoms with Gasteiger partial charge >= 0.3 is 11.9 Å². The number of rotatable bonds is 14. The van der Waals surface area contributed by atoms with Gasteiger partial charge in [0.1, 0.15) is 12.1 Å². The molecule has 1 aromatic carbocycles. The number of hydrogen-bond donors (Lipinski definition) is 5. The van der Waals surface area contributed by atoms with Gasteiger partial charge in [0.25, 0.3) is 0 Å². The Hall–Kier alpha value is -3.73. The molecule has 0 aliphatic carbocycles. The summed E-state index contributed by atoms with van der Waals surface area (Å²) in [5.74, 6) is -4.52. The molecular weight excluding hydrogens is 474 g/mol. The Morgan fingerprint density at radius 3 is 1.97 bits per heavy atom. The van der Waals surface area contributed by atoms with E-state index >= 15 is 0 Å². The Morgan fingerprint density at radius 1 is 0.857 bits per heavy atom. The van der Waals surface area contributed by atoms with E-state index in [1.54, 1.807) is 11.3 Å². The zero-order valence-corrected chi connectivity index (χ0v) is 20.1. The molecule has 1 aromatic heterocycles. The molecule has 6 N–H and O–H groups in total. The summed E-state index contributed by atoms with van der Waals surface area (Å²) >= 11 is 1.69. The maximum Gasteiger partial charge on any atom is 0.303 e. The predicted octanol–water partition coefficient (Wildman–Crippen LogP) is 1.84. The molecule has 2 atom stereocenters. The van der Waals surface area contributed by atoms with Crippen LogP contribution in [0.15, 0.2) is 36.4 Å². The number of nitrogens with two attached hydrogens (primary N) is 1. The van der Waals surface area contributed by atoms with Gasteiger partial charge in [-0.1, -0.05) is 24.3 Å². The number of carboxylic acids is 2. The average Bonchev–Trinajstić information content (AvgIpc) is 3.23. The number of nitrogens with one attached hydrogen (secondary N) is 2. The monoisotopic (exact) mass is 503 g/mol. The Balaban J connectivity index is 1.96. The highest BCUT2D eigenvalue weighted by molar-refractivity contribution is 7.15. The Bertz CT molecular complexity index is 1070. The van der Waals surface area contributed by atoms with E-state index in [0.717, 1.165) is 16.0 Å². The van der Waals surface area contributed by atoms with Gasteiger partial charge in [-0.15, -0.1) is 11.3 Å². The van der Waals surface area contributed by atoms with Gasteiger partial charge < -0.3 is 26.6 Å². The molecule has 0 aliphatic heterocycles. The molecule has 0 saturated carbocycles. The van der Waals surface area contributed by atoms with Crippen LogP contribution < -0.4 is 16.4 Å². The molecule has 0 aliphatic rings. The molecule has 0 spiro atoms. The van der Waals surface area contributed by atoms with E-state index < -0.39 is 54.6 Å². The van der Waals surface area contributed by atoms with Gasteiger partial charge in [-0.3, -0.25) is 24.0 Å². The van der Waals surface area contributed by atoms with Crippen LogP contribution in [0.3, 0.4) is 0 Å². The van der Waals surface area contributed by atoms with Crippen molar-refractivity contribution in [3.8, 4) is 10.4 Å². The van der Waals surface area contributed by atoms with E-state index in [0.29, 0.717) is 6.42 Å². The van der Waals surface area contributed by atoms with Crippen LogP contribution >= 0.6 is 11.3 Å². The Kier molecular flexibility index (Phi) is 10.4. The van der Waals surface area contributed by atoms with Crippen LogP contribution in [-0.4, -0.2) is 52.0 Å². The maximum atomic E-state index is 12.6. The van der Waals surface area contributed by atoms with Crippen LogP contribution in [-0.2, 0) is 30.4 Å². The van der Waals surface area contributed by atoms with Crippen molar-refractivity contribution >= 4 is 41.0 Å². The molecule has 0 bridgehead atoms. The van der Waals surface area contributed by atoms with E-state index in [1.807, 2.05) is 37.3 Å². The van der Waals surface area contributed by atoms with E-state index in [2.05, 4.69) is 16.7 Å². The van der Waals surface area contributed by atoms with Crippen LogP contribution in [0.4, 0.5) is 0 Å². The molecule has 188 valence electrons. The first-order valence-corrected chi connectivity index (χ1v) is 11.8. The van der Waals surface area contributed by atoms with Crippen LogP contribution in [0, 0.1) is 6.92 Å². The fourth-order valence-electron chi connectivity index (χ4n) is 3.31. The van der Waals surface area contributed by atoms with E-state index in [9.17, 15) is 24.0 Å². The number of hydrogen-bond acceptors (Lipinski definition) is 6. The number of aryl methyl sites for hydroxylation is 2. The van der Waals surface area contributed by atoms with Crippen molar-refractivity contribution in [3.05, 3.63) is 46.8 Å². The lowest BCUT2D eigenvalue weighted by Gasteiger charge is -2.21. The van der Waals surface area contributed by atoms with E-state index in [-0.39, 0.29) is 19.3 Å². The summed E-state index contributed by atoms with van der Waals surface area (Å²) in [4.78, 5) is 60.8. The quantitative estimate of drug-likeness (QED) is 0.261. The third kappa shape index (κ3) is 9.57. The van der Waals surface area contributed by atoms with Gasteiger partial charge in [-0.2, -0.15) is 0 Å². The third-order valence-electron chi connectivity index (χ3n) is 5.22. The summed E-state index contributed by atoms with van der Waals surface area (Å²) in [6, 6.07) is 9.43. The van der Waals surface area contributed by atoms with Gasteiger partial charge in [0.05, 0.1) is 0 Å². The lowest BCUT2D eigenvalue weighted by molar-refractivity contribution is -0.139. The lowest BCUT2D eigenvalue weighted by atomic mass is 10.0. The number of carbonyl (C=O) groups is 5. The van der Waals surface area contributed by atoms with Gasteiger partial charge in [-0.05, 0) is 49.4 Å². The SMILES string of the molecule is Cc1ccc(-c2ccc(CCC(=O)N[C@@H](CCC(=O)O)C(=O)N[C@H](CCC(=O)O)C(N)=O)cc2)s1. The third-order valence-corrected chi connectivity index (χ3v) is 6.27. The number of aliphatic carboxylic acids is 2.